The number of amides is 2. The van der Waals surface area contributed by atoms with Crippen LogP contribution < -0.4 is 5.32 Å². The molecule has 0 bridgehead atoms. The molecule has 2 amide bonds. The fourth-order valence-corrected chi connectivity index (χ4v) is 2.47. The Labute approximate surface area is 131 Å². The summed E-state index contributed by atoms with van der Waals surface area (Å²) in [7, 11) is 3.72. The Hall–Kier alpha value is -2.30. The van der Waals surface area contributed by atoms with Crippen molar-refractivity contribution >= 4 is 6.03 Å². The molecule has 0 aliphatic heterocycles. The van der Waals surface area contributed by atoms with Crippen molar-refractivity contribution in [2.75, 3.05) is 7.05 Å². The number of hydrogen-bond donors (Lipinski definition) is 1. The van der Waals surface area contributed by atoms with Crippen LogP contribution in [0.5, 0.6) is 0 Å². The molecule has 0 spiro atoms. The standard InChI is InChI=1S/C17H24N4O/c1-4-16(10-14-8-6-5-7-9-14)21(3)17(22)18-11-15-12-19-20(2)13-15/h5-9,12-13,16H,4,10-11H2,1-3H3,(H,18,22). The van der Waals surface area contributed by atoms with Crippen LogP contribution in [0.15, 0.2) is 42.7 Å². The van der Waals surface area contributed by atoms with Gasteiger partial charge in [0, 0.05) is 38.4 Å². The minimum atomic E-state index is -0.0494. The van der Waals surface area contributed by atoms with Gasteiger partial charge in [0.2, 0.25) is 0 Å². The minimum absolute atomic E-state index is 0.0494. The van der Waals surface area contributed by atoms with Crippen molar-refractivity contribution in [3.05, 3.63) is 53.9 Å². The number of nitrogens with one attached hydrogen (secondary N) is 1. The maximum absolute atomic E-state index is 12.3. The number of nitrogens with zero attached hydrogens (tertiary/aromatic N) is 3. The first-order chi connectivity index (χ1) is 10.6. The van der Waals surface area contributed by atoms with Crippen molar-refractivity contribution in [3.8, 4) is 0 Å². The smallest absolute Gasteiger partial charge is 0.317 e. The zero-order chi connectivity index (χ0) is 15.9. The average Bonchev–Trinajstić information content (AvgIpc) is 2.96. The fraction of sp³-hybridized carbons (Fsp3) is 0.412. The maximum Gasteiger partial charge on any atom is 0.317 e. The van der Waals surface area contributed by atoms with E-state index in [2.05, 4.69) is 29.5 Å². The Balaban J connectivity index is 1.89. The molecule has 0 saturated carbocycles. The first-order valence-corrected chi connectivity index (χ1v) is 7.62. The number of carbonyl (C=O) groups excluding carboxylic acids is 1. The van der Waals surface area contributed by atoms with Crippen LogP contribution in [0.3, 0.4) is 0 Å². The molecule has 1 unspecified atom stereocenters. The second-order valence-electron chi connectivity index (χ2n) is 5.54. The van der Waals surface area contributed by atoms with E-state index in [-0.39, 0.29) is 12.1 Å². The highest BCUT2D eigenvalue weighted by molar-refractivity contribution is 5.74. The molecule has 0 radical (unpaired) electrons. The largest absolute Gasteiger partial charge is 0.334 e. The third kappa shape index (κ3) is 4.35. The molecule has 5 heteroatoms. The van der Waals surface area contributed by atoms with Crippen LogP contribution in [0.4, 0.5) is 4.79 Å². The lowest BCUT2D eigenvalue weighted by Crippen LogP contribution is -2.44. The lowest BCUT2D eigenvalue weighted by Gasteiger charge is -2.27. The van der Waals surface area contributed by atoms with Gasteiger partial charge in [0.25, 0.3) is 0 Å². The van der Waals surface area contributed by atoms with E-state index in [1.54, 1.807) is 15.8 Å². The molecular formula is C17H24N4O. The van der Waals surface area contributed by atoms with E-state index in [0.29, 0.717) is 6.54 Å². The molecule has 1 atom stereocenters. The Morgan fingerprint density at radius 1 is 1.32 bits per heavy atom. The summed E-state index contributed by atoms with van der Waals surface area (Å²) in [6.07, 6.45) is 5.46. The lowest BCUT2D eigenvalue weighted by atomic mass is 10.0. The quantitative estimate of drug-likeness (QED) is 0.891. The van der Waals surface area contributed by atoms with Crippen molar-refractivity contribution < 1.29 is 4.79 Å². The highest BCUT2D eigenvalue weighted by Gasteiger charge is 2.18. The van der Waals surface area contributed by atoms with Gasteiger partial charge >= 0.3 is 6.03 Å². The van der Waals surface area contributed by atoms with Crippen LogP contribution in [0.25, 0.3) is 0 Å². The van der Waals surface area contributed by atoms with E-state index in [4.69, 9.17) is 0 Å². The van der Waals surface area contributed by atoms with Gasteiger partial charge in [-0.2, -0.15) is 5.10 Å². The van der Waals surface area contributed by atoms with Crippen LogP contribution in [-0.4, -0.2) is 33.8 Å². The highest BCUT2D eigenvalue weighted by Crippen LogP contribution is 2.11. The monoisotopic (exact) mass is 300 g/mol. The maximum atomic E-state index is 12.3. The summed E-state index contributed by atoms with van der Waals surface area (Å²) in [5, 5.41) is 7.04. The van der Waals surface area contributed by atoms with Crippen molar-refractivity contribution in [1.82, 2.24) is 20.0 Å². The molecule has 0 aliphatic carbocycles. The number of rotatable bonds is 6. The van der Waals surface area contributed by atoms with E-state index < -0.39 is 0 Å². The summed E-state index contributed by atoms with van der Waals surface area (Å²) in [6, 6.07) is 10.4. The molecule has 1 aromatic heterocycles. The second-order valence-corrected chi connectivity index (χ2v) is 5.54. The van der Waals surface area contributed by atoms with E-state index in [0.717, 1.165) is 18.4 Å². The summed E-state index contributed by atoms with van der Waals surface area (Å²) in [5.41, 5.74) is 2.25. The number of benzene rings is 1. The molecule has 118 valence electrons. The van der Waals surface area contributed by atoms with Crippen molar-refractivity contribution in [1.29, 1.82) is 0 Å². The summed E-state index contributed by atoms with van der Waals surface area (Å²) in [5.74, 6) is 0. The number of carbonyl (C=O) groups is 1. The summed E-state index contributed by atoms with van der Waals surface area (Å²) < 4.78 is 1.73. The predicted molar refractivity (Wildman–Crippen MR) is 87.4 cm³/mol. The van der Waals surface area contributed by atoms with Gasteiger partial charge in [-0.1, -0.05) is 37.3 Å². The van der Waals surface area contributed by atoms with Crippen LogP contribution in [0.2, 0.25) is 0 Å². The Morgan fingerprint density at radius 3 is 2.64 bits per heavy atom. The molecule has 0 fully saturated rings. The van der Waals surface area contributed by atoms with Crippen molar-refractivity contribution in [2.45, 2.75) is 32.4 Å². The molecule has 22 heavy (non-hydrogen) atoms. The van der Waals surface area contributed by atoms with Gasteiger partial charge in [-0.25, -0.2) is 4.79 Å². The van der Waals surface area contributed by atoms with E-state index in [1.165, 1.54) is 5.56 Å². The molecular weight excluding hydrogens is 276 g/mol. The van der Waals surface area contributed by atoms with Gasteiger partial charge in [-0.05, 0) is 18.4 Å². The third-order valence-corrected chi connectivity index (χ3v) is 3.86. The number of hydrogen-bond acceptors (Lipinski definition) is 2. The van der Waals surface area contributed by atoms with Gasteiger partial charge in [-0.3, -0.25) is 4.68 Å². The average molecular weight is 300 g/mol. The Kier molecular flexibility index (Phi) is 5.58. The van der Waals surface area contributed by atoms with Crippen molar-refractivity contribution in [3.63, 3.8) is 0 Å². The van der Waals surface area contributed by atoms with Crippen LogP contribution in [0, 0.1) is 0 Å². The molecule has 1 heterocycles. The molecule has 2 aromatic rings. The fourth-order valence-electron chi connectivity index (χ4n) is 2.47. The van der Waals surface area contributed by atoms with E-state index in [1.807, 2.05) is 38.5 Å². The topological polar surface area (TPSA) is 50.2 Å². The zero-order valence-corrected chi connectivity index (χ0v) is 13.5. The Morgan fingerprint density at radius 2 is 2.05 bits per heavy atom. The Bertz CT molecular complexity index is 594. The molecule has 0 aliphatic rings. The van der Waals surface area contributed by atoms with Crippen LogP contribution in [0.1, 0.15) is 24.5 Å². The zero-order valence-electron chi connectivity index (χ0n) is 13.5. The summed E-state index contributed by atoms with van der Waals surface area (Å²) >= 11 is 0. The van der Waals surface area contributed by atoms with Gasteiger partial charge in [0.1, 0.15) is 0 Å². The number of aryl methyl sites for hydroxylation is 1. The molecule has 1 N–H and O–H groups in total. The second kappa shape index (κ2) is 7.64. The van der Waals surface area contributed by atoms with E-state index in [9.17, 15) is 4.79 Å². The molecule has 5 nitrogen and oxygen atoms in total. The van der Waals surface area contributed by atoms with Gasteiger partial charge in [-0.15, -0.1) is 0 Å². The van der Waals surface area contributed by atoms with Gasteiger partial charge in [0.05, 0.1) is 6.20 Å². The summed E-state index contributed by atoms with van der Waals surface area (Å²) in [6.45, 7) is 2.61. The first kappa shape index (κ1) is 16.1. The van der Waals surface area contributed by atoms with Crippen molar-refractivity contribution in [2.24, 2.45) is 7.05 Å². The first-order valence-electron chi connectivity index (χ1n) is 7.62. The normalized spacial score (nSPS) is 12.0. The minimum Gasteiger partial charge on any atom is -0.334 e. The van der Waals surface area contributed by atoms with Crippen LogP contribution in [-0.2, 0) is 20.0 Å². The number of urea groups is 1. The van der Waals surface area contributed by atoms with E-state index >= 15 is 0 Å². The summed E-state index contributed by atoms with van der Waals surface area (Å²) in [4.78, 5) is 14.1. The van der Waals surface area contributed by atoms with Gasteiger partial charge < -0.3 is 10.2 Å². The van der Waals surface area contributed by atoms with Crippen LogP contribution >= 0.6 is 0 Å². The number of aromatic nitrogens is 2. The SMILES string of the molecule is CCC(Cc1ccccc1)N(C)C(=O)NCc1cnn(C)c1. The third-order valence-electron chi connectivity index (χ3n) is 3.86. The molecule has 0 saturated heterocycles. The lowest BCUT2D eigenvalue weighted by molar-refractivity contribution is 0.187. The highest BCUT2D eigenvalue weighted by atomic mass is 16.2. The predicted octanol–water partition coefficient (Wildman–Crippen LogP) is 2.58. The number of likely N-dealkylation sites (N-methyl/N-ethyl adjacent to an activating group) is 1. The molecule has 2 rings (SSSR count). The van der Waals surface area contributed by atoms with Gasteiger partial charge in [0.15, 0.2) is 0 Å². The molecule has 1 aromatic carbocycles.